The molecule has 3 aromatic heterocycles. The first-order valence-electron chi connectivity index (χ1n) is 26.4. The molecule has 0 fully saturated rings. The van der Waals surface area contributed by atoms with Crippen molar-refractivity contribution in [2.45, 2.75) is 82.1 Å². The van der Waals surface area contributed by atoms with Crippen LogP contribution in [0.1, 0.15) is 86.3 Å². The van der Waals surface area contributed by atoms with Gasteiger partial charge in [0.25, 0.3) is 0 Å². The number of para-hydroxylation sites is 2. The lowest BCUT2D eigenvalue weighted by molar-refractivity contribution is 1.07. The van der Waals surface area contributed by atoms with Crippen molar-refractivity contribution in [1.82, 2.24) is 9.13 Å². The quantitative estimate of drug-likeness (QED) is 0.141. The zero-order chi connectivity index (χ0) is 51.9. The molecular formula is C70H72N2S. The van der Waals surface area contributed by atoms with Crippen LogP contribution in [0.2, 0.25) is 0 Å². The van der Waals surface area contributed by atoms with E-state index in [1.54, 1.807) is 0 Å². The molecule has 0 saturated carbocycles. The van der Waals surface area contributed by atoms with Crippen LogP contribution in [-0.4, -0.2) is 9.13 Å². The molecule has 3 heteroatoms. The molecule has 1 aliphatic carbocycles. The minimum atomic E-state index is 0.986. The molecule has 2 nitrogen and oxygen atoms in total. The summed E-state index contributed by atoms with van der Waals surface area (Å²) in [6.07, 6.45) is 15.1. The molecule has 1 aliphatic rings. The fraction of sp³-hybridized carbons (Fsp3) is 0.171. The average Bonchev–Trinajstić information content (AvgIpc) is 4.23. The average molecular weight is 973 g/mol. The van der Waals surface area contributed by atoms with Crippen molar-refractivity contribution in [2.24, 2.45) is 0 Å². The third-order valence-corrected chi connectivity index (χ3v) is 13.9. The minimum absolute atomic E-state index is 0.986. The maximum absolute atomic E-state index is 3.89. The van der Waals surface area contributed by atoms with Gasteiger partial charge in [0.1, 0.15) is 0 Å². The Labute approximate surface area is 438 Å². The van der Waals surface area contributed by atoms with Gasteiger partial charge >= 0.3 is 0 Å². The van der Waals surface area contributed by atoms with Gasteiger partial charge in [-0.15, -0.1) is 11.3 Å². The summed E-state index contributed by atoms with van der Waals surface area (Å²) in [4.78, 5) is 0. The molecule has 11 aromatic rings. The summed E-state index contributed by atoms with van der Waals surface area (Å²) in [7, 11) is 0. The predicted octanol–water partition coefficient (Wildman–Crippen LogP) is 20.0. The van der Waals surface area contributed by atoms with Crippen LogP contribution in [0.4, 0.5) is 0 Å². The minimum Gasteiger partial charge on any atom is -0.310 e. The van der Waals surface area contributed by atoms with Crippen LogP contribution >= 0.6 is 11.3 Å². The molecule has 3 heterocycles. The first kappa shape index (κ1) is 53.1. The van der Waals surface area contributed by atoms with Gasteiger partial charge in [0.05, 0.1) is 21.9 Å². The molecule has 0 radical (unpaired) electrons. The van der Waals surface area contributed by atoms with Gasteiger partial charge in [-0.1, -0.05) is 218 Å². The summed E-state index contributed by atoms with van der Waals surface area (Å²) in [5.41, 5.74) is 14.7. The second-order valence-corrected chi connectivity index (χ2v) is 18.3. The van der Waals surface area contributed by atoms with Crippen molar-refractivity contribution >= 4 is 81.9 Å². The molecule has 0 unspecified atom stereocenters. The number of benzene rings is 8. The number of allylic oxidation sites excluding steroid dienone is 5. The van der Waals surface area contributed by atoms with Crippen molar-refractivity contribution in [3.63, 3.8) is 0 Å². The van der Waals surface area contributed by atoms with E-state index in [2.05, 4.69) is 224 Å². The maximum atomic E-state index is 3.89. The molecule has 0 atom stereocenters. The van der Waals surface area contributed by atoms with Gasteiger partial charge < -0.3 is 9.13 Å². The molecule has 0 aliphatic heterocycles. The van der Waals surface area contributed by atoms with Crippen LogP contribution in [0, 0.1) is 6.92 Å². The van der Waals surface area contributed by atoms with E-state index in [0.29, 0.717) is 0 Å². The van der Waals surface area contributed by atoms with Gasteiger partial charge in [-0.05, 0) is 128 Å². The molecule has 368 valence electrons. The number of hydrogen-bond acceptors (Lipinski definition) is 1. The third-order valence-electron chi connectivity index (χ3n) is 12.8. The van der Waals surface area contributed by atoms with E-state index in [1.165, 1.54) is 108 Å². The van der Waals surface area contributed by atoms with E-state index in [1.807, 2.05) is 91.0 Å². The molecule has 0 saturated heterocycles. The monoisotopic (exact) mass is 973 g/mol. The number of hydrogen-bond donors (Lipinski definition) is 0. The van der Waals surface area contributed by atoms with E-state index in [4.69, 9.17) is 0 Å². The van der Waals surface area contributed by atoms with E-state index in [0.717, 1.165) is 18.4 Å². The molecule has 0 spiro atoms. The van der Waals surface area contributed by atoms with Crippen LogP contribution in [0.15, 0.2) is 213 Å². The van der Waals surface area contributed by atoms with Gasteiger partial charge in [0, 0.05) is 52.9 Å². The summed E-state index contributed by atoms with van der Waals surface area (Å²) in [6.45, 7) is 24.2. The Kier molecular flexibility index (Phi) is 18.6. The lowest BCUT2D eigenvalue weighted by Gasteiger charge is -2.11. The zero-order valence-electron chi connectivity index (χ0n) is 44.7. The highest BCUT2D eigenvalue weighted by molar-refractivity contribution is 7.25. The summed E-state index contributed by atoms with van der Waals surface area (Å²) in [6, 6.07) is 66.4. The van der Waals surface area contributed by atoms with Gasteiger partial charge in [0.15, 0.2) is 0 Å². The Morgan fingerprint density at radius 1 is 0.507 bits per heavy atom. The number of fused-ring (bicyclic) bond motifs is 9. The van der Waals surface area contributed by atoms with Gasteiger partial charge in [0.2, 0.25) is 0 Å². The standard InChI is InChI=1S/C47H30N2S.C10H12.C7H12.3C2H6/c1-2-11-34(12-3-1)48-43-18-9-16-36(43)38-23-20-32(28-45(38)48)31-22-25-44-41(27-31)37-14-4-6-17-42(37)49(44)35-13-8-10-30(26-35)33-21-24-40-39-15-5-7-19-46(39)50-47(40)29-33;1-8(2)10-7-5-4-6-9(10)3;1-3-5-7-6-4-2;3*1-2/h1-8,10-29H,9H2;4-7H,1H2,2-3H3;3,5-7H,4H2,1-2H3;3*1-2H3/b;;5-3-,7-6-;;;. The SMILES string of the molecule is C/C=C\C=C/CC.C1=c2c(n(-c3ccccc3)c3cc(-c4ccc5c(c4)c4ccccc4n5-c4cccc(-c5ccc6c(c5)sc5ccccc56)c4)ccc23)=CC1.C=C(C)c1ccccc1C.CC.CC.CC. The highest BCUT2D eigenvalue weighted by Gasteiger charge is 2.17. The molecule has 0 amide bonds. The van der Waals surface area contributed by atoms with Crippen molar-refractivity contribution in [3.8, 4) is 33.6 Å². The highest BCUT2D eigenvalue weighted by Crippen LogP contribution is 2.39. The molecule has 12 rings (SSSR count). The fourth-order valence-corrected chi connectivity index (χ4v) is 10.8. The highest BCUT2D eigenvalue weighted by atomic mass is 32.1. The molecular weight excluding hydrogens is 901 g/mol. The fourth-order valence-electron chi connectivity index (χ4n) is 9.61. The van der Waals surface area contributed by atoms with Crippen LogP contribution in [-0.2, 0) is 0 Å². The molecule has 0 bridgehead atoms. The number of rotatable bonds is 7. The number of nitrogens with zero attached hydrogens (tertiary/aromatic N) is 2. The Morgan fingerprint density at radius 2 is 1.11 bits per heavy atom. The largest absolute Gasteiger partial charge is 0.310 e. The van der Waals surface area contributed by atoms with Crippen molar-refractivity contribution in [1.29, 1.82) is 0 Å². The maximum Gasteiger partial charge on any atom is 0.0547 e. The smallest absolute Gasteiger partial charge is 0.0547 e. The van der Waals surface area contributed by atoms with Crippen LogP contribution in [0.5, 0.6) is 0 Å². The predicted molar refractivity (Wildman–Crippen MR) is 328 cm³/mol. The number of aryl methyl sites for hydroxylation is 1. The van der Waals surface area contributed by atoms with E-state index < -0.39 is 0 Å². The molecule has 0 N–H and O–H groups in total. The zero-order valence-corrected chi connectivity index (χ0v) is 45.5. The summed E-state index contributed by atoms with van der Waals surface area (Å²) < 4.78 is 7.51. The van der Waals surface area contributed by atoms with Crippen LogP contribution in [0.3, 0.4) is 0 Å². The first-order valence-corrected chi connectivity index (χ1v) is 27.2. The molecule has 8 aromatic carbocycles. The summed E-state index contributed by atoms with van der Waals surface area (Å²) in [5.74, 6) is 0. The topological polar surface area (TPSA) is 9.86 Å². The van der Waals surface area contributed by atoms with Gasteiger partial charge in [-0.25, -0.2) is 0 Å². The second kappa shape index (κ2) is 25.6. The number of aromatic nitrogens is 2. The lowest BCUT2D eigenvalue weighted by atomic mass is 10.0. The van der Waals surface area contributed by atoms with E-state index >= 15 is 0 Å². The van der Waals surface area contributed by atoms with E-state index in [-0.39, 0.29) is 0 Å². The summed E-state index contributed by atoms with van der Waals surface area (Å²) >= 11 is 1.87. The third kappa shape index (κ3) is 11.3. The molecule has 73 heavy (non-hydrogen) atoms. The van der Waals surface area contributed by atoms with Crippen LogP contribution < -0.4 is 10.6 Å². The van der Waals surface area contributed by atoms with Crippen molar-refractivity contribution < 1.29 is 0 Å². The Morgan fingerprint density at radius 3 is 1.84 bits per heavy atom. The van der Waals surface area contributed by atoms with E-state index in [9.17, 15) is 0 Å². The Bertz CT molecular complexity index is 3810. The Balaban J connectivity index is 0.000000286. The van der Waals surface area contributed by atoms with Crippen LogP contribution in [0.25, 0.3) is 104 Å². The number of thiophene rings is 1. The normalized spacial score (nSPS) is 11.3. The van der Waals surface area contributed by atoms with Crippen molar-refractivity contribution in [2.75, 3.05) is 0 Å². The van der Waals surface area contributed by atoms with Gasteiger partial charge in [-0.3, -0.25) is 0 Å². The second-order valence-electron chi connectivity index (χ2n) is 17.2. The van der Waals surface area contributed by atoms with Gasteiger partial charge in [-0.2, -0.15) is 0 Å². The van der Waals surface area contributed by atoms with Crippen molar-refractivity contribution in [3.05, 3.63) is 235 Å². The lowest BCUT2D eigenvalue weighted by Crippen LogP contribution is -2.25. The summed E-state index contributed by atoms with van der Waals surface area (Å²) in [5, 5.41) is 9.15. The first-order chi connectivity index (χ1) is 35.9. The Hall–Kier alpha value is -7.72.